The number of pyridine rings is 1. The van der Waals surface area contributed by atoms with Crippen LogP contribution in [0, 0.1) is 5.92 Å². The van der Waals surface area contributed by atoms with E-state index in [1.54, 1.807) is 58.2 Å². The summed E-state index contributed by atoms with van der Waals surface area (Å²) < 4.78 is 46.2. The minimum Gasteiger partial charge on any atom is -0.497 e. The highest BCUT2D eigenvalue weighted by Crippen LogP contribution is 2.45. The zero-order valence-corrected chi connectivity index (χ0v) is 35.9. The summed E-state index contributed by atoms with van der Waals surface area (Å²) >= 11 is 0. The lowest BCUT2D eigenvalue weighted by Gasteiger charge is -2.31. The van der Waals surface area contributed by atoms with Gasteiger partial charge in [0.25, 0.3) is 15.9 Å². The number of methoxy groups -OCH3 is 1. The number of ether oxygens (including phenoxy) is 3. The zero-order chi connectivity index (χ0) is 45.0. The van der Waals surface area contributed by atoms with Crippen LogP contribution in [0.2, 0.25) is 0 Å². The van der Waals surface area contributed by atoms with Crippen molar-refractivity contribution in [3.63, 3.8) is 0 Å². The van der Waals surface area contributed by atoms with Crippen molar-refractivity contribution in [3.8, 4) is 22.8 Å². The van der Waals surface area contributed by atoms with Gasteiger partial charge in [0.2, 0.25) is 17.7 Å². The Balaban J connectivity index is 1.36. The van der Waals surface area contributed by atoms with Crippen LogP contribution >= 0.6 is 0 Å². The molecule has 6 rings (SSSR count). The Labute approximate surface area is 360 Å². The molecule has 0 radical (unpaired) electrons. The number of nitrogens with zero attached hydrogens (tertiary/aromatic N) is 3. The van der Waals surface area contributed by atoms with Gasteiger partial charge in [-0.1, -0.05) is 61.2 Å². The van der Waals surface area contributed by atoms with Gasteiger partial charge in [-0.05, 0) is 57.5 Å². The fraction of sp³-hybridized carbons (Fsp3) is 0.333. The third kappa shape index (κ3) is 10.1. The van der Waals surface area contributed by atoms with Crippen molar-refractivity contribution in [1.82, 2.24) is 30.1 Å². The van der Waals surface area contributed by atoms with Crippen molar-refractivity contribution < 1.29 is 46.6 Å². The maximum atomic E-state index is 14.8. The Morgan fingerprint density at radius 2 is 1.68 bits per heavy atom. The largest absolute Gasteiger partial charge is 0.497 e. The second-order valence-electron chi connectivity index (χ2n) is 16.1. The standard InChI is InChI=1S/C45H50N6O10S/c1-8-29-25-45(29,42(55)49-62(57,58)32-18-14-11-15-19-32)48-40(53)37-23-31(26-51(37)41(54)36(27-50(6)39(52)9-2)47-43(56)61-44(3,4)5)60-38-24-34(28-16-12-10-13-17-28)46-35-22-30(59-7)20-21-33(35)38/h8-22,24,29,31,36-37H,1-2,23,25-27H2,3-7H3,(H,47,56)(H,48,53)(H,49,55)/t29-,31?,36+,37+,45-/m1/s1. The van der Waals surface area contributed by atoms with Gasteiger partial charge in [-0.25, -0.2) is 22.9 Å². The first-order valence-electron chi connectivity index (χ1n) is 19.8. The minimum absolute atomic E-state index is 0.0327. The minimum atomic E-state index is -4.33. The molecule has 1 aliphatic carbocycles. The number of fused-ring (bicyclic) bond motifs is 1. The molecule has 16 nitrogen and oxygen atoms in total. The van der Waals surface area contributed by atoms with E-state index >= 15 is 0 Å². The van der Waals surface area contributed by atoms with Gasteiger partial charge in [-0.3, -0.25) is 19.2 Å². The number of carbonyl (C=O) groups is 5. The molecule has 2 aliphatic rings. The van der Waals surface area contributed by atoms with Crippen LogP contribution in [0.4, 0.5) is 4.79 Å². The van der Waals surface area contributed by atoms with Crippen LogP contribution in [0.3, 0.4) is 0 Å². The lowest BCUT2D eigenvalue weighted by molar-refractivity contribution is -0.141. The van der Waals surface area contributed by atoms with E-state index in [9.17, 15) is 32.4 Å². The van der Waals surface area contributed by atoms with Gasteiger partial charge >= 0.3 is 6.09 Å². The lowest BCUT2D eigenvalue weighted by Crippen LogP contribution is -2.59. The number of benzene rings is 3. The number of likely N-dealkylation sites (tertiary alicyclic amines) is 1. The molecule has 2 heterocycles. The molecule has 1 aromatic heterocycles. The van der Waals surface area contributed by atoms with Crippen molar-refractivity contribution in [2.24, 2.45) is 5.92 Å². The maximum absolute atomic E-state index is 14.8. The summed E-state index contributed by atoms with van der Waals surface area (Å²) in [4.78, 5) is 76.1. The number of likely N-dealkylation sites (N-methyl/N-ethyl adjacent to an activating group) is 1. The van der Waals surface area contributed by atoms with Crippen LogP contribution in [0.1, 0.15) is 33.6 Å². The molecule has 3 aromatic carbocycles. The highest BCUT2D eigenvalue weighted by Gasteiger charge is 2.61. The molecule has 5 atom stereocenters. The molecule has 1 aliphatic heterocycles. The summed E-state index contributed by atoms with van der Waals surface area (Å²) in [6, 6.07) is 21.0. The van der Waals surface area contributed by atoms with Crippen LogP contribution < -0.4 is 24.8 Å². The van der Waals surface area contributed by atoms with Crippen molar-refractivity contribution in [1.29, 1.82) is 0 Å². The topological polar surface area (TPSA) is 203 Å². The molecular formula is C45H50N6O10S. The van der Waals surface area contributed by atoms with E-state index in [0.29, 0.717) is 28.1 Å². The van der Waals surface area contributed by atoms with E-state index in [4.69, 9.17) is 19.2 Å². The summed E-state index contributed by atoms with van der Waals surface area (Å²) in [5.41, 5.74) is -0.721. The van der Waals surface area contributed by atoms with Gasteiger partial charge in [0.15, 0.2) is 0 Å². The highest BCUT2D eigenvalue weighted by molar-refractivity contribution is 7.90. The fourth-order valence-electron chi connectivity index (χ4n) is 7.28. The quantitative estimate of drug-likeness (QED) is 0.113. The van der Waals surface area contributed by atoms with Gasteiger partial charge in [0.05, 0.1) is 36.3 Å². The number of rotatable bonds is 15. The number of hydrogen-bond donors (Lipinski definition) is 3. The molecule has 0 spiro atoms. The Hall–Kier alpha value is -6.75. The summed E-state index contributed by atoms with van der Waals surface area (Å²) in [6.45, 7) is 11.7. The monoisotopic (exact) mass is 866 g/mol. The Morgan fingerprint density at radius 1 is 1.00 bits per heavy atom. The molecule has 1 saturated heterocycles. The molecular weight excluding hydrogens is 817 g/mol. The molecule has 3 N–H and O–H groups in total. The number of carbonyl (C=O) groups excluding carboxylic acids is 5. The fourth-order valence-corrected chi connectivity index (χ4v) is 8.34. The van der Waals surface area contributed by atoms with Crippen molar-refractivity contribution in [2.45, 2.75) is 67.8 Å². The number of nitrogens with one attached hydrogen (secondary N) is 3. The summed E-state index contributed by atoms with van der Waals surface area (Å²) in [5, 5.41) is 5.94. The van der Waals surface area contributed by atoms with Gasteiger partial charge in [0, 0.05) is 42.5 Å². The van der Waals surface area contributed by atoms with Crippen LogP contribution in [-0.2, 0) is 33.9 Å². The van der Waals surface area contributed by atoms with Gasteiger partial charge in [-0.2, -0.15) is 0 Å². The van der Waals surface area contributed by atoms with E-state index in [2.05, 4.69) is 28.5 Å². The predicted octanol–water partition coefficient (Wildman–Crippen LogP) is 4.36. The molecule has 2 fully saturated rings. The average molecular weight is 867 g/mol. The second-order valence-corrected chi connectivity index (χ2v) is 17.8. The van der Waals surface area contributed by atoms with Crippen LogP contribution in [0.5, 0.6) is 11.5 Å². The van der Waals surface area contributed by atoms with E-state index < -0.39 is 75.0 Å². The summed E-state index contributed by atoms with van der Waals surface area (Å²) in [7, 11) is -1.37. The van der Waals surface area contributed by atoms with Crippen molar-refractivity contribution >= 4 is 50.6 Å². The van der Waals surface area contributed by atoms with Gasteiger partial charge < -0.3 is 34.6 Å². The first kappa shape index (κ1) is 44.8. The molecule has 62 heavy (non-hydrogen) atoms. The first-order chi connectivity index (χ1) is 29.4. The SMILES string of the molecule is C=CC(=O)N(C)C[C@H](NC(=O)OC(C)(C)C)C(=O)N1CC(Oc2cc(-c3ccccc3)nc3cc(OC)ccc23)C[C@H]1C(=O)N[C@]1(C(=O)NS(=O)(=O)c2ccccc2)C[C@H]1C=C. The van der Waals surface area contributed by atoms with E-state index in [1.807, 2.05) is 30.3 Å². The average Bonchev–Trinajstić information content (AvgIpc) is 3.81. The van der Waals surface area contributed by atoms with E-state index in [-0.39, 0.29) is 30.8 Å². The number of aromatic nitrogens is 1. The van der Waals surface area contributed by atoms with E-state index in [1.165, 1.54) is 47.2 Å². The summed E-state index contributed by atoms with van der Waals surface area (Å²) in [6.07, 6.45) is 0.635. The molecule has 17 heteroatoms. The van der Waals surface area contributed by atoms with Crippen LogP contribution in [-0.4, -0.2) is 109 Å². The normalized spacial score (nSPS) is 20.0. The lowest BCUT2D eigenvalue weighted by atomic mass is 10.1. The Bertz CT molecular complexity index is 2490. The van der Waals surface area contributed by atoms with Crippen molar-refractivity contribution in [3.05, 3.63) is 110 Å². The van der Waals surface area contributed by atoms with Crippen LogP contribution in [0.15, 0.2) is 115 Å². The third-order valence-electron chi connectivity index (χ3n) is 10.5. The van der Waals surface area contributed by atoms with E-state index in [0.717, 1.165) is 11.6 Å². The van der Waals surface area contributed by atoms with Gasteiger partial charge in [0.1, 0.15) is 40.8 Å². The number of alkyl carbamates (subject to hydrolysis) is 1. The second kappa shape index (κ2) is 18.1. The Kier molecular flexibility index (Phi) is 13.1. The smallest absolute Gasteiger partial charge is 0.408 e. The third-order valence-corrected chi connectivity index (χ3v) is 11.9. The molecule has 326 valence electrons. The number of amides is 5. The molecule has 5 amide bonds. The molecule has 1 unspecified atom stereocenters. The number of hydrogen-bond acceptors (Lipinski definition) is 11. The first-order valence-corrected chi connectivity index (χ1v) is 21.3. The highest BCUT2D eigenvalue weighted by atomic mass is 32.2. The molecule has 4 aromatic rings. The van der Waals surface area contributed by atoms with Crippen molar-refractivity contribution in [2.75, 3.05) is 27.2 Å². The Morgan fingerprint density at radius 3 is 2.29 bits per heavy atom. The maximum Gasteiger partial charge on any atom is 0.408 e. The van der Waals surface area contributed by atoms with Gasteiger partial charge in [-0.15, -0.1) is 6.58 Å². The van der Waals surface area contributed by atoms with Crippen LogP contribution in [0.25, 0.3) is 22.2 Å². The number of sulfonamides is 1. The zero-order valence-electron chi connectivity index (χ0n) is 35.1. The summed E-state index contributed by atoms with van der Waals surface area (Å²) in [5.74, 6) is -2.76. The molecule has 0 bridgehead atoms. The molecule has 1 saturated carbocycles. The predicted molar refractivity (Wildman–Crippen MR) is 230 cm³/mol.